The van der Waals surface area contributed by atoms with Crippen LogP contribution in [0.15, 0.2) is 17.5 Å². The molecule has 1 saturated heterocycles. The lowest BCUT2D eigenvalue weighted by Gasteiger charge is -2.29. The van der Waals surface area contributed by atoms with Crippen LogP contribution in [0.3, 0.4) is 0 Å². The molecule has 1 fully saturated rings. The minimum Gasteiger partial charge on any atom is -0.481 e. The second-order valence-electron chi connectivity index (χ2n) is 3.92. The Morgan fingerprint density at radius 3 is 3.00 bits per heavy atom. The van der Waals surface area contributed by atoms with Crippen LogP contribution in [-0.4, -0.2) is 28.4 Å². The molecule has 0 spiro atoms. The summed E-state index contributed by atoms with van der Waals surface area (Å²) in [6.07, 6.45) is 0.702. The van der Waals surface area contributed by atoms with Gasteiger partial charge in [0, 0.05) is 17.8 Å². The lowest BCUT2D eigenvalue weighted by atomic mass is 9.96. The van der Waals surface area contributed by atoms with Gasteiger partial charge in [0.05, 0.1) is 12.5 Å². The first-order chi connectivity index (χ1) is 7.66. The molecule has 16 heavy (non-hydrogen) atoms. The van der Waals surface area contributed by atoms with Crippen LogP contribution in [0.4, 0.5) is 0 Å². The molecule has 1 aromatic heterocycles. The Bertz CT molecular complexity index is 388. The number of thiophene rings is 1. The van der Waals surface area contributed by atoms with Crippen LogP contribution in [-0.2, 0) is 16.1 Å². The maximum atomic E-state index is 11.7. The highest BCUT2D eigenvalue weighted by atomic mass is 32.1. The van der Waals surface area contributed by atoms with Crippen molar-refractivity contribution in [3.63, 3.8) is 0 Å². The van der Waals surface area contributed by atoms with Gasteiger partial charge in [-0.3, -0.25) is 9.59 Å². The standard InChI is InChI=1S/C11H13NO3S/c13-10-6-8(11(14)15)3-4-12(10)7-9-2-1-5-16-9/h1-2,5,8H,3-4,6-7H2,(H,14,15). The summed E-state index contributed by atoms with van der Waals surface area (Å²) >= 11 is 1.62. The van der Waals surface area contributed by atoms with Crippen molar-refractivity contribution in [2.45, 2.75) is 19.4 Å². The third-order valence-electron chi connectivity index (χ3n) is 2.80. The lowest BCUT2D eigenvalue weighted by Crippen LogP contribution is -2.40. The Morgan fingerprint density at radius 2 is 2.44 bits per heavy atom. The number of carbonyl (C=O) groups is 2. The average molecular weight is 239 g/mol. The van der Waals surface area contributed by atoms with Crippen LogP contribution in [0, 0.1) is 5.92 Å². The van der Waals surface area contributed by atoms with E-state index in [1.165, 1.54) is 0 Å². The van der Waals surface area contributed by atoms with E-state index < -0.39 is 11.9 Å². The summed E-state index contributed by atoms with van der Waals surface area (Å²) in [7, 11) is 0. The van der Waals surface area contributed by atoms with Crippen molar-refractivity contribution in [1.29, 1.82) is 0 Å². The van der Waals surface area contributed by atoms with Gasteiger partial charge in [-0.2, -0.15) is 0 Å². The van der Waals surface area contributed by atoms with Crippen LogP contribution in [0.25, 0.3) is 0 Å². The maximum absolute atomic E-state index is 11.7. The first kappa shape index (κ1) is 11.1. The van der Waals surface area contributed by atoms with Gasteiger partial charge in [-0.15, -0.1) is 11.3 Å². The van der Waals surface area contributed by atoms with E-state index in [9.17, 15) is 9.59 Å². The highest BCUT2D eigenvalue weighted by Crippen LogP contribution is 2.21. The van der Waals surface area contributed by atoms with Gasteiger partial charge in [0.2, 0.25) is 5.91 Å². The number of aliphatic carboxylic acids is 1. The predicted octanol–water partition coefficient (Wildman–Crippen LogP) is 1.57. The molecule has 0 radical (unpaired) electrons. The second-order valence-corrected chi connectivity index (χ2v) is 4.95. The van der Waals surface area contributed by atoms with Gasteiger partial charge < -0.3 is 10.0 Å². The molecule has 1 unspecified atom stereocenters. The Labute approximate surface area is 97.5 Å². The summed E-state index contributed by atoms with van der Waals surface area (Å²) < 4.78 is 0. The van der Waals surface area contributed by atoms with Crippen LogP contribution < -0.4 is 0 Å². The van der Waals surface area contributed by atoms with E-state index in [1.54, 1.807) is 16.2 Å². The molecule has 1 amide bonds. The SMILES string of the molecule is O=C(O)C1CCN(Cc2cccs2)C(=O)C1. The summed E-state index contributed by atoms with van der Waals surface area (Å²) in [4.78, 5) is 25.3. The number of hydrogen-bond donors (Lipinski definition) is 1. The molecule has 1 atom stereocenters. The number of hydrogen-bond acceptors (Lipinski definition) is 3. The van der Waals surface area contributed by atoms with Crippen LogP contribution in [0.1, 0.15) is 17.7 Å². The Morgan fingerprint density at radius 1 is 1.62 bits per heavy atom. The minimum atomic E-state index is -0.857. The number of likely N-dealkylation sites (tertiary alicyclic amines) is 1. The first-order valence-electron chi connectivity index (χ1n) is 5.20. The van der Waals surface area contributed by atoms with E-state index in [0.29, 0.717) is 19.5 Å². The fourth-order valence-corrected chi connectivity index (χ4v) is 2.57. The van der Waals surface area contributed by atoms with Crippen molar-refractivity contribution < 1.29 is 14.7 Å². The highest BCUT2D eigenvalue weighted by molar-refractivity contribution is 7.09. The quantitative estimate of drug-likeness (QED) is 0.871. The van der Waals surface area contributed by atoms with Crippen molar-refractivity contribution >= 4 is 23.2 Å². The molecule has 86 valence electrons. The third kappa shape index (κ3) is 2.41. The number of nitrogens with zero attached hydrogens (tertiary/aromatic N) is 1. The minimum absolute atomic E-state index is 0.0490. The first-order valence-corrected chi connectivity index (χ1v) is 6.08. The third-order valence-corrected chi connectivity index (χ3v) is 3.66. The number of carboxylic acids is 1. The Balaban J connectivity index is 1.94. The monoisotopic (exact) mass is 239 g/mol. The van der Waals surface area contributed by atoms with Crippen molar-refractivity contribution in [3.8, 4) is 0 Å². The number of amides is 1. The van der Waals surface area contributed by atoms with Gasteiger partial charge in [-0.25, -0.2) is 0 Å². The normalized spacial score (nSPS) is 21.1. The molecular formula is C11H13NO3S. The van der Waals surface area contributed by atoms with Gasteiger partial charge in [-0.1, -0.05) is 6.07 Å². The number of carbonyl (C=O) groups excluding carboxylic acids is 1. The average Bonchev–Trinajstić information content (AvgIpc) is 2.73. The van der Waals surface area contributed by atoms with E-state index in [1.807, 2.05) is 17.5 Å². The lowest BCUT2D eigenvalue weighted by molar-refractivity contribution is -0.149. The van der Waals surface area contributed by atoms with Crippen molar-refractivity contribution in [2.75, 3.05) is 6.54 Å². The van der Waals surface area contributed by atoms with E-state index >= 15 is 0 Å². The molecule has 0 saturated carbocycles. The summed E-state index contributed by atoms with van der Waals surface area (Å²) in [5.74, 6) is -1.40. The summed E-state index contributed by atoms with van der Waals surface area (Å²) in [5.41, 5.74) is 0. The molecule has 5 heteroatoms. The second kappa shape index (κ2) is 4.65. The molecule has 1 aromatic rings. The molecule has 1 aliphatic heterocycles. The van der Waals surface area contributed by atoms with E-state index in [4.69, 9.17) is 5.11 Å². The highest BCUT2D eigenvalue weighted by Gasteiger charge is 2.30. The predicted molar refractivity (Wildman–Crippen MR) is 60.1 cm³/mol. The fourth-order valence-electron chi connectivity index (χ4n) is 1.85. The maximum Gasteiger partial charge on any atom is 0.307 e. The van der Waals surface area contributed by atoms with E-state index in [2.05, 4.69) is 0 Å². The molecule has 0 bridgehead atoms. The summed E-state index contributed by atoms with van der Waals surface area (Å²) in [6.45, 7) is 1.16. The van der Waals surface area contributed by atoms with Crippen LogP contribution in [0.5, 0.6) is 0 Å². The zero-order valence-electron chi connectivity index (χ0n) is 8.76. The molecule has 1 aliphatic rings. The number of carboxylic acid groups (broad SMARTS) is 1. The molecule has 0 aliphatic carbocycles. The van der Waals surface area contributed by atoms with Gasteiger partial charge >= 0.3 is 5.97 Å². The van der Waals surface area contributed by atoms with E-state index in [-0.39, 0.29) is 12.3 Å². The topological polar surface area (TPSA) is 57.6 Å². The van der Waals surface area contributed by atoms with Gasteiger partial charge in [0.1, 0.15) is 0 Å². The Hall–Kier alpha value is -1.36. The van der Waals surface area contributed by atoms with Gasteiger partial charge in [0.25, 0.3) is 0 Å². The number of rotatable bonds is 3. The van der Waals surface area contributed by atoms with Crippen LogP contribution in [0.2, 0.25) is 0 Å². The van der Waals surface area contributed by atoms with Crippen molar-refractivity contribution in [1.82, 2.24) is 4.90 Å². The summed E-state index contributed by atoms with van der Waals surface area (Å²) in [6, 6.07) is 3.94. The van der Waals surface area contributed by atoms with Crippen molar-refractivity contribution in [3.05, 3.63) is 22.4 Å². The number of piperidine rings is 1. The fraction of sp³-hybridized carbons (Fsp3) is 0.455. The van der Waals surface area contributed by atoms with E-state index in [0.717, 1.165) is 4.88 Å². The molecular weight excluding hydrogens is 226 g/mol. The summed E-state index contributed by atoms with van der Waals surface area (Å²) in [5, 5.41) is 10.8. The molecule has 1 N–H and O–H groups in total. The zero-order valence-corrected chi connectivity index (χ0v) is 9.57. The van der Waals surface area contributed by atoms with Crippen molar-refractivity contribution in [2.24, 2.45) is 5.92 Å². The molecule has 0 aromatic carbocycles. The Kier molecular flexibility index (Phi) is 3.24. The largest absolute Gasteiger partial charge is 0.481 e. The smallest absolute Gasteiger partial charge is 0.307 e. The molecule has 2 rings (SSSR count). The molecule has 4 nitrogen and oxygen atoms in total. The van der Waals surface area contributed by atoms with Gasteiger partial charge in [-0.05, 0) is 17.9 Å². The van der Waals surface area contributed by atoms with Gasteiger partial charge in [0.15, 0.2) is 0 Å². The zero-order chi connectivity index (χ0) is 11.5. The van der Waals surface area contributed by atoms with Crippen LogP contribution >= 0.6 is 11.3 Å². The molecule has 2 heterocycles.